The lowest BCUT2D eigenvalue weighted by Crippen LogP contribution is -2.65. The molecule has 0 bridgehead atoms. The number of nitrogens with two attached hydrogens (primary N) is 1. The fraction of sp³-hybridized carbons (Fsp3) is 0.619. The number of nitrogens with zero attached hydrogens (tertiary/aromatic N) is 2. The summed E-state index contributed by atoms with van der Waals surface area (Å²) in [5.74, 6) is -3.79. The van der Waals surface area contributed by atoms with Gasteiger partial charge in [-0.3, -0.25) is 33.8 Å². The molecule has 3 rings (SSSR count). The Balaban J connectivity index is 2.09. The van der Waals surface area contributed by atoms with Crippen LogP contribution in [-0.4, -0.2) is 96.7 Å². The first-order chi connectivity index (χ1) is 27.7. The summed E-state index contributed by atoms with van der Waals surface area (Å²) < 4.78 is 4.90. The van der Waals surface area contributed by atoms with Crippen LogP contribution in [0.4, 0.5) is 0 Å². The Morgan fingerprint density at radius 3 is 2.17 bits per heavy atom. The van der Waals surface area contributed by atoms with Gasteiger partial charge in [-0.25, -0.2) is 4.98 Å². The molecule has 16 nitrogen and oxygen atoms in total. The smallest absolute Gasteiger partial charge is 0.308 e. The van der Waals surface area contributed by atoms with E-state index >= 15 is 0 Å². The number of unbranched alkanes of at least 4 members (excludes halogenated alkanes) is 1. The Labute approximate surface area is 352 Å². The van der Waals surface area contributed by atoms with Crippen molar-refractivity contribution in [2.75, 3.05) is 20.2 Å². The van der Waals surface area contributed by atoms with Gasteiger partial charge < -0.3 is 42.4 Å². The molecular formula is C42H65N9O7S. The second kappa shape index (κ2) is 21.9. The molecule has 0 fully saturated rings. The highest BCUT2D eigenvalue weighted by Crippen LogP contribution is 2.27. The normalized spacial score (nSPS) is 20.2. The van der Waals surface area contributed by atoms with Gasteiger partial charge in [0.1, 0.15) is 41.6 Å². The van der Waals surface area contributed by atoms with E-state index in [-0.39, 0.29) is 18.2 Å². The predicted molar refractivity (Wildman–Crippen MR) is 228 cm³/mol. The molecule has 17 heteroatoms. The Bertz CT molecular complexity index is 1760. The van der Waals surface area contributed by atoms with Gasteiger partial charge in [0.15, 0.2) is 0 Å². The van der Waals surface area contributed by atoms with E-state index in [4.69, 9.17) is 15.5 Å². The van der Waals surface area contributed by atoms with Crippen molar-refractivity contribution in [2.45, 2.75) is 130 Å². The number of nitrogens with one attached hydrogen (secondary N) is 6. The number of aromatic nitrogens is 1. The van der Waals surface area contributed by atoms with Crippen molar-refractivity contribution in [2.24, 2.45) is 27.5 Å². The van der Waals surface area contributed by atoms with E-state index in [1.54, 1.807) is 11.6 Å². The van der Waals surface area contributed by atoms with Crippen molar-refractivity contribution in [3.8, 4) is 0 Å². The SMILES string of the molecule is COC(=O)C[C@@H](NC(=O)C(NC(=O)[C@@H](NC1=NCC(=O)N[C@@H](CCCCN)C(=O)N[C@@H](C(C)C)C(=O)N[C@H]1C(C)(C)C)C(C)(C)C)[C@@H](C)c1ccccc1)c1nccs1. The molecule has 0 saturated heterocycles. The van der Waals surface area contributed by atoms with E-state index in [9.17, 15) is 28.8 Å². The van der Waals surface area contributed by atoms with E-state index in [2.05, 4.69) is 36.9 Å². The van der Waals surface area contributed by atoms with Crippen LogP contribution < -0.4 is 37.6 Å². The summed E-state index contributed by atoms with van der Waals surface area (Å²) in [4.78, 5) is 91.6. The van der Waals surface area contributed by atoms with Gasteiger partial charge in [-0.05, 0) is 48.1 Å². The molecule has 1 aliphatic heterocycles. The quantitative estimate of drug-likeness (QED) is 0.102. The highest BCUT2D eigenvalue weighted by molar-refractivity contribution is 7.09. The number of aliphatic imine (C=N–C) groups is 1. The number of hydrogen-bond donors (Lipinski definition) is 7. The molecule has 1 aromatic carbocycles. The fourth-order valence-electron chi connectivity index (χ4n) is 6.64. The number of carbonyl (C=O) groups is 6. The van der Waals surface area contributed by atoms with Gasteiger partial charge in [0.05, 0.1) is 25.6 Å². The minimum absolute atomic E-state index is 0.171. The second-order valence-electron chi connectivity index (χ2n) is 17.5. The third kappa shape index (κ3) is 14.4. The maximum Gasteiger partial charge on any atom is 0.308 e. The third-order valence-electron chi connectivity index (χ3n) is 10.2. The molecule has 7 atom stereocenters. The average molecular weight is 840 g/mol. The largest absolute Gasteiger partial charge is 0.469 e. The molecule has 1 unspecified atom stereocenters. The van der Waals surface area contributed by atoms with Crippen LogP contribution in [0.15, 0.2) is 46.9 Å². The summed E-state index contributed by atoms with van der Waals surface area (Å²) in [6.45, 7) is 16.7. The lowest BCUT2D eigenvalue weighted by atomic mass is 9.82. The Kier molecular flexibility index (Phi) is 18.0. The minimum atomic E-state index is -1.13. The van der Waals surface area contributed by atoms with Crippen molar-refractivity contribution in [3.63, 3.8) is 0 Å². The number of rotatable bonds is 15. The number of amidine groups is 1. The van der Waals surface area contributed by atoms with Crippen LogP contribution in [0.1, 0.15) is 111 Å². The molecule has 2 aromatic rings. The Hall–Kier alpha value is -4.90. The first-order valence-corrected chi connectivity index (χ1v) is 21.1. The average Bonchev–Trinajstić information content (AvgIpc) is 3.71. The van der Waals surface area contributed by atoms with Gasteiger partial charge in [0, 0.05) is 17.5 Å². The molecule has 59 heavy (non-hydrogen) atoms. The molecule has 0 aliphatic carbocycles. The van der Waals surface area contributed by atoms with Gasteiger partial charge in [-0.2, -0.15) is 0 Å². The van der Waals surface area contributed by atoms with Crippen LogP contribution >= 0.6 is 11.3 Å². The summed E-state index contributed by atoms with van der Waals surface area (Å²) in [5, 5.41) is 20.2. The molecule has 326 valence electrons. The number of esters is 1. The van der Waals surface area contributed by atoms with Crippen molar-refractivity contribution in [1.82, 2.24) is 36.9 Å². The highest BCUT2D eigenvalue weighted by atomic mass is 32.1. The van der Waals surface area contributed by atoms with Crippen LogP contribution in [-0.2, 0) is 33.5 Å². The third-order valence-corrected chi connectivity index (χ3v) is 11.0. The van der Waals surface area contributed by atoms with Crippen LogP contribution in [0.2, 0.25) is 0 Å². The zero-order valence-corrected chi connectivity index (χ0v) is 37.0. The number of hydrogen-bond acceptors (Lipinski definition) is 12. The molecule has 1 aliphatic rings. The Morgan fingerprint density at radius 2 is 1.61 bits per heavy atom. The molecular weight excluding hydrogens is 775 g/mol. The standard InChI is InChI=1S/C42H65N9O7S/c1-24(2)31-37(55)51-33(41(4,5)6)35(45-23-29(52)46-27(36(54)48-31)18-14-15-19-43)50-34(42(7,8)9)39(57)49-32(25(3)26-16-12-11-13-17-26)38(56)47-28(22-30(53)58-10)40-44-20-21-59-40/h11-13,16-17,20-21,24-25,27-28,31-34H,14-15,18-19,22-23,43H2,1-10H3,(H,45,50)(H,46,52)(H,47,56)(H,48,54)(H,49,57)(H,51,55)/t25-,27-,28+,31-,32?,33+,34+/m0/s1. The molecule has 1 aromatic heterocycles. The number of amides is 5. The molecule has 0 saturated carbocycles. The zero-order valence-electron chi connectivity index (χ0n) is 36.1. The maximum atomic E-state index is 14.7. The van der Waals surface area contributed by atoms with Crippen molar-refractivity contribution >= 4 is 52.7 Å². The first kappa shape index (κ1) is 48.5. The van der Waals surface area contributed by atoms with Gasteiger partial charge in [0.2, 0.25) is 29.5 Å². The topological polar surface area (TPSA) is 235 Å². The highest BCUT2D eigenvalue weighted by Gasteiger charge is 2.41. The van der Waals surface area contributed by atoms with E-state index in [1.807, 2.05) is 92.6 Å². The van der Waals surface area contributed by atoms with E-state index in [0.29, 0.717) is 30.8 Å². The summed E-state index contributed by atoms with van der Waals surface area (Å²) in [6, 6.07) is 3.51. The summed E-state index contributed by atoms with van der Waals surface area (Å²) in [7, 11) is 1.26. The lowest BCUT2D eigenvalue weighted by molar-refractivity contribution is -0.141. The van der Waals surface area contributed by atoms with Crippen molar-refractivity contribution in [3.05, 3.63) is 52.5 Å². The second-order valence-corrected chi connectivity index (χ2v) is 18.4. The molecule has 0 spiro atoms. The number of thiazole rings is 1. The first-order valence-electron chi connectivity index (χ1n) is 20.2. The van der Waals surface area contributed by atoms with E-state index in [0.717, 1.165) is 5.56 Å². The lowest BCUT2D eigenvalue weighted by Gasteiger charge is -2.39. The van der Waals surface area contributed by atoms with Gasteiger partial charge in [-0.15, -0.1) is 11.3 Å². The number of ether oxygens (including phenoxy) is 1. The van der Waals surface area contributed by atoms with Crippen LogP contribution in [0.25, 0.3) is 0 Å². The predicted octanol–water partition coefficient (Wildman–Crippen LogP) is 2.85. The summed E-state index contributed by atoms with van der Waals surface area (Å²) in [6.07, 6.45) is 2.94. The van der Waals surface area contributed by atoms with Crippen LogP contribution in [0, 0.1) is 16.7 Å². The Morgan fingerprint density at radius 1 is 0.932 bits per heavy atom. The fourth-order valence-corrected chi connectivity index (χ4v) is 7.33. The van der Waals surface area contributed by atoms with Crippen LogP contribution in [0.5, 0.6) is 0 Å². The van der Waals surface area contributed by atoms with Gasteiger partial charge in [-0.1, -0.05) is 92.6 Å². The van der Waals surface area contributed by atoms with E-state index in [1.165, 1.54) is 18.4 Å². The molecule has 5 amide bonds. The monoisotopic (exact) mass is 839 g/mol. The number of methoxy groups -OCH3 is 1. The maximum absolute atomic E-state index is 14.7. The van der Waals surface area contributed by atoms with Gasteiger partial charge in [0.25, 0.3) is 0 Å². The molecule has 8 N–H and O–H groups in total. The minimum Gasteiger partial charge on any atom is -0.469 e. The number of carbonyl (C=O) groups excluding carboxylic acids is 6. The van der Waals surface area contributed by atoms with Crippen molar-refractivity contribution in [1.29, 1.82) is 0 Å². The zero-order chi connectivity index (χ0) is 44.1. The molecule has 2 heterocycles. The van der Waals surface area contributed by atoms with Crippen molar-refractivity contribution < 1.29 is 33.5 Å². The van der Waals surface area contributed by atoms with Crippen LogP contribution in [0.3, 0.4) is 0 Å². The molecule has 0 radical (unpaired) electrons. The number of benzene rings is 1. The van der Waals surface area contributed by atoms with E-state index < -0.39 is 95.0 Å². The van der Waals surface area contributed by atoms with Gasteiger partial charge >= 0.3 is 5.97 Å². The summed E-state index contributed by atoms with van der Waals surface area (Å²) in [5.41, 5.74) is 4.94. The summed E-state index contributed by atoms with van der Waals surface area (Å²) >= 11 is 1.27.